The summed E-state index contributed by atoms with van der Waals surface area (Å²) in [4.78, 5) is 27.7. The van der Waals surface area contributed by atoms with Gasteiger partial charge in [-0.05, 0) is 26.1 Å². The first-order valence-corrected chi connectivity index (χ1v) is 10.7. The van der Waals surface area contributed by atoms with Crippen LogP contribution in [0.2, 0.25) is 0 Å². The lowest BCUT2D eigenvalue weighted by Crippen LogP contribution is -2.44. The predicted molar refractivity (Wildman–Crippen MR) is 112 cm³/mol. The van der Waals surface area contributed by atoms with Crippen LogP contribution in [0.4, 0.5) is 10.1 Å². The Morgan fingerprint density at radius 3 is 2.20 bits per heavy atom. The molecule has 0 bridgehead atoms. The number of carboxylic acid groups (broad SMARTS) is 1. The van der Waals surface area contributed by atoms with Crippen molar-refractivity contribution < 1.29 is 32.7 Å². The molecule has 1 aromatic heterocycles. The molecule has 0 unspecified atom stereocenters. The van der Waals surface area contributed by atoms with Crippen LogP contribution in [-0.2, 0) is 16.7 Å². The van der Waals surface area contributed by atoms with Crippen LogP contribution in [0.3, 0.4) is 0 Å². The molecular weight excluding hydrogens is 421 g/mol. The van der Waals surface area contributed by atoms with E-state index in [1.54, 1.807) is 10.6 Å². The third-order valence-corrected chi connectivity index (χ3v) is 4.56. The van der Waals surface area contributed by atoms with Gasteiger partial charge in [-0.2, -0.15) is 8.42 Å². The van der Waals surface area contributed by atoms with Gasteiger partial charge in [-0.15, -0.1) is 0 Å². The minimum Gasteiger partial charge on any atom is -0.477 e. The zero-order valence-corrected chi connectivity index (χ0v) is 17.7. The molecule has 0 spiro atoms. The normalized spacial score (nSPS) is 14.6. The highest BCUT2D eigenvalue weighted by atomic mass is 32.2. The SMILES string of the molecule is CCn1cc(C(=O)O)c(=O)c2cc(F)c(N3CCN(C)CC3)cc21.CS(=O)(=O)O.O. The number of nitrogens with zero attached hydrogens (tertiary/aromatic N) is 3. The number of anilines is 1. The fraction of sp³-hybridized carbons (Fsp3) is 0.444. The Balaban J connectivity index is 0.000000674. The van der Waals surface area contributed by atoms with E-state index in [0.717, 1.165) is 13.1 Å². The van der Waals surface area contributed by atoms with E-state index in [1.165, 1.54) is 12.3 Å². The van der Waals surface area contributed by atoms with Crippen molar-refractivity contribution in [3.05, 3.63) is 39.9 Å². The van der Waals surface area contributed by atoms with Crippen LogP contribution >= 0.6 is 0 Å². The number of hydrogen-bond acceptors (Lipinski definition) is 6. The maximum absolute atomic E-state index is 14.6. The summed E-state index contributed by atoms with van der Waals surface area (Å²) in [6.45, 7) is 5.45. The van der Waals surface area contributed by atoms with Gasteiger partial charge in [0.05, 0.1) is 17.5 Å². The van der Waals surface area contributed by atoms with Crippen LogP contribution in [0.5, 0.6) is 0 Å². The quantitative estimate of drug-likeness (QED) is 0.637. The van der Waals surface area contributed by atoms with Crippen LogP contribution < -0.4 is 10.3 Å². The third-order valence-electron chi connectivity index (χ3n) is 4.56. The minimum atomic E-state index is -3.67. The van der Waals surface area contributed by atoms with E-state index >= 15 is 0 Å². The highest BCUT2D eigenvalue weighted by molar-refractivity contribution is 7.85. The van der Waals surface area contributed by atoms with Gasteiger partial charge in [0.2, 0.25) is 5.43 Å². The predicted octanol–water partition coefficient (Wildman–Crippen LogP) is 0.290. The van der Waals surface area contributed by atoms with Gasteiger partial charge >= 0.3 is 5.97 Å². The monoisotopic (exact) mass is 447 g/mol. The molecular formula is C18H26FN3O7S. The molecule has 1 saturated heterocycles. The van der Waals surface area contributed by atoms with E-state index in [9.17, 15) is 27.5 Å². The molecule has 3 rings (SSSR count). The molecule has 0 radical (unpaired) electrons. The number of aromatic carboxylic acids is 1. The summed E-state index contributed by atoms with van der Waals surface area (Å²) in [6, 6.07) is 2.83. The van der Waals surface area contributed by atoms with Gasteiger partial charge in [0.15, 0.2) is 0 Å². The number of aromatic nitrogens is 1. The van der Waals surface area contributed by atoms with Crippen molar-refractivity contribution in [1.82, 2.24) is 9.47 Å². The summed E-state index contributed by atoms with van der Waals surface area (Å²) in [6.07, 6.45) is 2.05. The summed E-state index contributed by atoms with van der Waals surface area (Å²) in [5.41, 5.74) is 0.0326. The number of pyridine rings is 1. The molecule has 0 atom stereocenters. The Labute approximate surface area is 173 Å². The molecule has 1 aromatic carbocycles. The van der Waals surface area contributed by atoms with E-state index in [-0.39, 0.29) is 16.4 Å². The molecule has 0 saturated carbocycles. The molecule has 2 heterocycles. The third kappa shape index (κ3) is 6.23. The maximum Gasteiger partial charge on any atom is 0.341 e. The number of benzene rings is 1. The second-order valence-electron chi connectivity index (χ2n) is 6.81. The van der Waals surface area contributed by atoms with E-state index in [4.69, 9.17) is 4.55 Å². The van der Waals surface area contributed by atoms with Gasteiger partial charge in [-0.3, -0.25) is 9.35 Å². The molecule has 12 heteroatoms. The van der Waals surface area contributed by atoms with E-state index in [1.807, 2.05) is 18.9 Å². The van der Waals surface area contributed by atoms with Crippen molar-refractivity contribution in [2.75, 3.05) is 44.4 Å². The van der Waals surface area contributed by atoms with Crippen molar-refractivity contribution in [3.63, 3.8) is 0 Å². The molecule has 1 aliphatic rings. The van der Waals surface area contributed by atoms with Crippen LogP contribution in [0.1, 0.15) is 17.3 Å². The van der Waals surface area contributed by atoms with Gasteiger partial charge in [0.25, 0.3) is 10.1 Å². The first kappa shape index (κ1) is 25.5. The molecule has 0 aliphatic carbocycles. The highest BCUT2D eigenvalue weighted by Crippen LogP contribution is 2.26. The maximum atomic E-state index is 14.6. The lowest BCUT2D eigenvalue weighted by molar-refractivity contribution is 0.0694. The van der Waals surface area contributed by atoms with Gasteiger partial charge in [-0.25, -0.2) is 9.18 Å². The lowest BCUT2D eigenvalue weighted by atomic mass is 10.1. The van der Waals surface area contributed by atoms with Gasteiger partial charge < -0.3 is 24.9 Å². The number of carbonyl (C=O) groups is 1. The van der Waals surface area contributed by atoms with Crippen molar-refractivity contribution in [3.8, 4) is 0 Å². The first-order chi connectivity index (χ1) is 13.4. The average Bonchev–Trinajstić information content (AvgIpc) is 2.61. The largest absolute Gasteiger partial charge is 0.477 e. The molecule has 1 fully saturated rings. The second kappa shape index (κ2) is 9.98. The number of likely N-dealkylation sites (N-methyl/N-ethyl adjacent to an activating group) is 1. The Bertz CT molecular complexity index is 1070. The van der Waals surface area contributed by atoms with E-state index in [2.05, 4.69) is 4.90 Å². The zero-order chi connectivity index (χ0) is 21.9. The molecule has 168 valence electrons. The summed E-state index contributed by atoms with van der Waals surface area (Å²) >= 11 is 0. The smallest absolute Gasteiger partial charge is 0.341 e. The fourth-order valence-electron chi connectivity index (χ4n) is 3.10. The summed E-state index contributed by atoms with van der Waals surface area (Å²) < 4.78 is 42.1. The topological polar surface area (TPSA) is 152 Å². The second-order valence-corrected chi connectivity index (χ2v) is 8.27. The summed E-state index contributed by atoms with van der Waals surface area (Å²) in [7, 11) is -1.64. The van der Waals surface area contributed by atoms with E-state index < -0.39 is 27.3 Å². The van der Waals surface area contributed by atoms with Gasteiger partial charge in [-0.1, -0.05) is 0 Å². The van der Waals surface area contributed by atoms with Crippen LogP contribution in [0.25, 0.3) is 10.9 Å². The van der Waals surface area contributed by atoms with E-state index in [0.29, 0.717) is 37.1 Å². The van der Waals surface area contributed by atoms with Crippen LogP contribution in [0, 0.1) is 5.82 Å². The number of carboxylic acids is 1. The lowest BCUT2D eigenvalue weighted by Gasteiger charge is -2.34. The number of hydrogen-bond donors (Lipinski definition) is 2. The van der Waals surface area contributed by atoms with Crippen molar-refractivity contribution in [2.24, 2.45) is 0 Å². The molecule has 1 aliphatic heterocycles. The Hall–Kier alpha value is -2.54. The molecule has 4 N–H and O–H groups in total. The van der Waals surface area contributed by atoms with Crippen molar-refractivity contribution in [2.45, 2.75) is 13.5 Å². The molecule has 2 aromatic rings. The average molecular weight is 447 g/mol. The molecule has 30 heavy (non-hydrogen) atoms. The summed E-state index contributed by atoms with van der Waals surface area (Å²) in [5, 5.41) is 9.28. The first-order valence-electron chi connectivity index (χ1n) is 8.88. The number of fused-ring (bicyclic) bond motifs is 1. The number of piperazine rings is 1. The Morgan fingerprint density at radius 2 is 1.73 bits per heavy atom. The van der Waals surface area contributed by atoms with Crippen molar-refractivity contribution >= 4 is 32.7 Å². The Kier molecular flexibility index (Phi) is 8.48. The molecule has 10 nitrogen and oxygen atoms in total. The number of halogens is 1. The number of aryl methyl sites for hydroxylation is 1. The van der Waals surface area contributed by atoms with Gasteiger partial charge in [0.1, 0.15) is 11.4 Å². The molecule has 0 amide bonds. The standard InChI is InChI=1S/C17H20FN3O3.CH4O3S.H2O/c1-3-20-10-12(17(23)24)16(22)11-8-13(18)15(9-14(11)20)21-6-4-19(2)5-7-21;1-5(2,3)4;/h8-10H,3-7H2,1-2H3,(H,23,24);1H3,(H,2,3,4);1H2. The summed E-state index contributed by atoms with van der Waals surface area (Å²) in [5.74, 6) is -1.79. The number of rotatable bonds is 3. The van der Waals surface area contributed by atoms with Crippen LogP contribution in [0.15, 0.2) is 23.1 Å². The zero-order valence-electron chi connectivity index (χ0n) is 16.9. The fourth-order valence-corrected chi connectivity index (χ4v) is 3.10. The van der Waals surface area contributed by atoms with Crippen molar-refractivity contribution in [1.29, 1.82) is 0 Å². The van der Waals surface area contributed by atoms with Gasteiger partial charge in [0, 0.05) is 44.3 Å². The highest BCUT2D eigenvalue weighted by Gasteiger charge is 2.21. The minimum absolute atomic E-state index is 0. The Morgan fingerprint density at radius 1 is 1.20 bits per heavy atom. The van der Waals surface area contributed by atoms with Crippen LogP contribution in [-0.4, -0.2) is 78.5 Å².